The van der Waals surface area contributed by atoms with Gasteiger partial charge >= 0.3 is 0 Å². The van der Waals surface area contributed by atoms with Gasteiger partial charge in [-0.2, -0.15) is 0 Å². The van der Waals surface area contributed by atoms with Crippen molar-refractivity contribution in [3.05, 3.63) is 35.5 Å². The molecule has 0 aromatic heterocycles. The Morgan fingerprint density at radius 2 is 1.66 bits per heavy atom. The predicted molar refractivity (Wildman–Crippen MR) is 116 cm³/mol. The SMILES string of the molecule is C/C=C\C1=C(/C=C\C)CC(C(NC=O)C(=O)N2CC(C)C(C(C)(C)C)C2C=O)C1. The molecule has 1 aliphatic carbocycles. The van der Waals surface area contributed by atoms with Gasteiger partial charge in [-0.15, -0.1) is 0 Å². The number of rotatable bonds is 7. The van der Waals surface area contributed by atoms with Crippen molar-refractivity contribution in [1.82, 2.24) is 10.2 Å². The summed E-state index contributed by atoms with van der Waals surface area (Å²) in [4.78, 5) is 38.6. The average Bonchev–Trinajstić information content (AvgIpc) is 3.20. The molecular formula is C24H36N2O3. The Bertz CT molecular complexity index is 690. The van der Waals surface area contributed by atoms with Crippen LogP contribution in [0, 0.1) is 23.2 Å². The van der Waals surface area contributed by atoms with Crippen LogP contribution < -0.4 is 5.32 Å². The highest BCUT2D eigenvalue weighted by molar-refractivity contribution is 5.87. The van der Waals surface area contributed by atoms with Gasteiger partial charge < -0.3 is 15.0 Å². The first-order valence-corrected chi connectivity index (χ1v) is 10.6. The molecule has 0 bridgehead atoms. The second-order valence-electron chi connectivity index (χ2n) is 9.47. The van der Waals surface area contributed by atoms with Crippen molar-refractivity contribution in [1.29, 1.82) is 0 Å². The molecule has 2 rings (SSSR count). The number of aldehydes is 1. The number of amides is 2. The molecule has 5 nitrogen and oxygen atoms in total. The lowest BCUT2D eigenvalue weighted by Crippen LogP contribution is -2.53. The molecule has 0 spiro atoms. The Balaban J connectivity index is 2.29. The van der Waals surface area contributed by atoms with Gasteiger partial charge in [0.2, 0.25) is 12.3 Å². The second kappa shape index (κ2) is 9.55. The van der Waals surface area contributed by atoms with Crippen molar-refractivity contribution < 1.29 is 14.4 Å². The predicted octanol–water partition coefficient (Wildman–Crippen LogP) is 3.67. The number of allylic oxidation sites excluding steroid dienone is 6. The lowest BCUT2D eigenvalue weighted by Gasteiger charge is -2.35. The molecular weight excluding hydrogens is 364 g/mol. The zero-order valence-corrected chi connectivity index (χ0v) is 18.6. The topological polar surface area (TPSA) is 66.5 Å². The van der Waals surface area contributed by atoms with Crippen molar-refractivity contribution in [2.24, 2.45) is 23.2 Å². The van der Waals surface area contributed by atoms with Gasteiger partial charge in [-0.3, -0.25) is 9.59 Å². The molecule has 0 radical (unpaired) electrons. The lowest BCUT2D eigenvalue weighted by molar-refractivity contribution is -0.139. The van der Waals surface area contributed by atoms with Crippen LogP contribution in [-0.2, 0) is 14.4 Å². The smallest absolute Gasteiger partial charge is 0.246 e. The Kier molecular flexibility index (Phi) is 7.61. The van der Waals surface area contributed by atoms with E-state index in [1.807, 2.05) is 26.0 Å². The van der Waals surface area contributed by atoms with E-state index in [0.29, 0.717) is 13.0 Å². The second-order valence-corrected chi connectivity index (χ2v) is 9.47. The van der Waals surface area contributed by atoms with Gasteiger partial charge in [-0.25, -0.2) is 0 Å². The van der Waals surface area contributed by atoms with E-state index in [0.717, 1.165) is 19.1 Å². The number of carbonyl (C=O) groups is 3. The number of hydrogen-bond acceptors (Lipinski definition) is 3. The molecule has 4 atom stereocenters. The van der Waals surface area contributed by atoms with E-state index >= 15 is 0 Å². The van der Waals surface area contributed by atoms with E-state index < -0.39 is 12.1 Å². The molecule has 0 aromatic carbocycles. The summed E-state index contributed by atoms with van der Waals surface area (Å²) in [5.74, 6) is 0.172. The highest BCUT2D eigenvalue weighted by Gasteiger charge is 2.49. The van der Waals surface area contributed by atoms with Crippen molar-refractivity contribution in [3.8, 4) is 0 Å². The third kappa shape index (κ3) is 4.88. The van der Waals surface area contributed by atoms with E-state index in [4.69, 9.17) is 0 Å². The molecule has 5 heteroatoms. The highest BCUT2D eigenvalue weighted by atomic mass is 16.2. The molecule has 29 heavy (non-hydrogen) atoms. The zero-order valence-electron chi connectivity index (χ0n) is 18.6. The third-order valence-corrected chi connectivity index (χ3v) is 6.35. The van der Waals surface area contributed by atoms with Gasteiger partial charge in [-0.1, -0.05) is 52.0 Å². The van der Waals surface area contributed by atoms with Crippen LogP contribution in [0.4, 0.5) is 0 Å². The summed E-state index contributed by atoms with van der Waals surface area (Å²) in [6, 6.07) is -1.07. The number of nitrogens with zero attached hydrogens (tertiary/aromatic N) is 1. The normalized spacial score (nSPS) is 27.2. The van der Waals surface area contributed by atoms with Gasteiger partial charge in [-0.05, 0) is 61.0 Å². The maximum Gasteiger partial charge on any atom is 0.246 e. The van der Waals surface area contributed by atoms with Crippen LogP contribution in [0.3, 0.4) is 0 Å². The maximum absolute atomic E-state index is 13.5. The van der Waals surface area contributed by atoms with Crippen LogP contribution in [0.5, 0.6) is 0 Å². The summed E-state index contributed by atoms with van der Waals surface area (Å²) in [6.07, 6.45) is 11.2. The fraction of sp³-hybridized carbons (Fsp3) is 0.625. The molecule has 1 saturated heterocycles. The standard InChI is InChI=1S/C24H36N2O3/c1-7-9-17-11-19(12-18(17)10-8-2)22(25-15-28)23(29)26-13-16(3)21(20(26)14-27)24(4,5)6/h7-10,14-16,19-22H,11-13H2,1-6H3,(H,25,28)/b9-7-,10-8-. The monoisotopic (exact) mass is 400 g/mol. The molecule has 1 N–H and O–H groups in total. The van der Waals surface area contributed by atoms with Crippen molar-refractivity contribution in [2.75, 3.05) is 6.54 Å². The van der Waals surface area contributed by atoms with Gasteiger partial charge in [0.15, 0.2) is 0 Å². The number of carbonyl (C=O) groups excluding carboxylic acids is 3. The van der Waals surface area contributed by atoms with Gasteiger partial charge in [0.1, 0.15) is 12.3 Å². The van der Waals surface area contributed by atoms with Crippen LogP contribution in [-0.4, -0.2) is 42.1 Å². The largest absolute Gasteiger partial charge is 0.347 e. The summed E-state index contributed by atoms with van der Waals surface area (Å²) >= 11 is 0. The minimum Gasteiger partial charge on any atom is -0.347 e. The molecule has 1 heterocycles. The summed E-state index contributed by atoms with van der Waals surface area (Å²) in [5, 5.41) is 2.78. The van der Waals surface area contributed by atoms with Crippen molar-refractivity contribution in [3.63, 3.8) is 0 Å². The van der Waals surface area contributed by atoms with Crippen LogP contribution in [0.25, 0.3) is 0 Å². The van der Waals surface area contributed by atoms with Crippen LogP contribution >= 0.6 is 0 Å². The molecule has 2 amide bonds. The zero-order chi connectivity index (χ0) is 21.8. The van der Waals surface area contributed by atoms with E-state index in [-0.39, 0.29) is 29.1 Å². The van der Waals surface area contributed by atoms with E-state index in [9.17, 15) is 14.4 Å². The summed E-state index contributed by atoms with van der Waals surface area (Å²) < 4.78 is 0. The first-order chi connectivity index (χ1) is 13.7. The molecule has 1 aliphatic heterocycles. The lowest BCUT2D eigenvalue weighted by atomic mass is 9.72. The first kappa shape index (κ1) is 23.1. The molecule has 4 unspecified atom stereocenters. The van der Waals surface area contributed by atoms with E-state index in [1.54, 1.807) is 4.90 Å². The molecule has 2 aliphatic rings. The van der Waals surface area contributed by atoms with Gasteiger partial charge in [0.05, 0.1) is 6.04 Å². The minimum absolute atomic E-state index is 0.0126. The number of hydrogen-bond donors (Lipinski definition) is 1. The third-order valence-electron chi connectivity index (χ3n) is 6.35. The molecule has 160 valence electrons. The summed E-state index contributed by atoms with van der Waals surface area (Å²) in [7, 11) is 0. The Hall–Kier alpha value is -2.17. The molecule has 0 saturated carbocycles. The maximum atomic E-state index is 13.5. The number of nitrogens with one attached hydrogen (secondary N) is 1. The quantitative estimate of drug-likeness (QED) is 0.663. The van der Waals surface area contributed by atoms with Crippen LogP contribution in [0.2, 0.25) is 0 Å². The Labute approximate surface area is 175 Å². The fourth-order valence-electron chi connectivity index (χ4n) is 5.39. The average molecular weight is 401 g/mol. The molecule has 0 aromatic rings. The number of likely N-dealkylation sites (tertiary alicyclic amines) is 1. The highest BCUT2D eigenvalue weighted by Crippen LogP contribution is 2.43. The van der Waals surface area contributed by atoms with Gasteiger partial charge in [0.25, 0.3) is 0 Å². The van der Waals surface area contributed by atoms with E-state index in [1.165, 1.54) is 11.1 Å². The summed E-state index contributed by atoms with van der Waals surface area (Å²) in [6.45, 7) is 13.0. The molecule has 1 fully saturated rings. The van der Waals surface area contributed by atoms with Crippen LogP contribution in [0.1, 0.15) is 54.4 Å². The van der Waals surface area contributed by atoms with Crippen molar-refractivity contribution in [2.45, 2.75) is 66.5 Å². The van der Waals surface area contributed by atoms with E-state index in [2.05, 4.69) is 45.2 Å². The van der Waals surface area contributed by atoms with Gasteiger partial charge in [0, 0.05) is 6.54 Å². The fourth-order valence-corrected chi connectivity index (χ4v) is 5.39. The summed E-state index contributed by atoms with van der Waals surface area (Å²) in [5.41, 5.74) is 2.33. The van der Waals surface area contributed by atoms with Crippen molar-refractivity contribution >= 4 is 18.6 Å². The minimum atomic E-state index is -0.621. The Morgan fingerprint density at radius 3 is 2.07 bits per heavy atom. The Morgan fingerprint density at radius 1 is 1.10 bits per heavy atom. The first-order valence-electron chi connectivity index (χ1n) is 10.6. The van der Waals surface area contributed by atoms with Crippen LogP contribution in [0.15, 0.2) is 35.5 Å².